The van der Waals surface area contributed by atoms with Crippen LogP contribution in [0.15, 0.2) is 42.5 Å². The number of hydrogen-bond donors (Lipinski definition) is 0. The predicted molar refractivity (Wildman–Crippen MR) is 71.1 cm³/mol. The van der Waals surface area contributed by atoms with Crippen molar-refractivity contribution in [3.8, 4) is 0 Å². The van der Waals surface area contributed by atoms with E-state index in [0.717, 1.165) is 5.56 Å². The van der Waals surface area contributed by atoms with E-state index in [9.17, 15) is 4.79 Å². The van der Waals surface area contributed by atoms with Crippen molar-refractivity contribution >= 4 is 29.0 Å². The SMILES string of the molecule is Cc1ccc(C(=O)c2ccccc2Cl)c(Cl)c1. The first kappa shape index (κ1) is 12.2. The lowest BCUT2D eigenvalue weighted by Gasteiger charge is -2.06. The molecule has 0 spiro atoms. The van der Waals surface area contributed by atoms with Crippen LogP contribution in [0.5, 0.6) is 0 Å². The van der Waals surface area contributed by atoms with Crippen molar-refractivity contribution in [3.63, 3.8) is 0 Å². The fourth-order valence-electron chi connectivity index (χ4n) is 1.59. The summed E-state index contributed by atoms with van der Waals surface area (Å²) < 4.78 is 0. The van der Waals surface area contributed by atoms with Crippen LogP contribution in [-0.2, 0) is 0 Å². The maximum absolute atomic E-state index is 12.2. The lowest BCUT2D eigenvalue weighted by atomic mass is 10.0. The van der Waals surface area contributed by atoms with Gasteiger partial charge in [0.2, 0.25) is 0 Å². The third-order valence-corrected chi connectivity index (χ3v) is 3.13. The number of aryl methyl sites for hydroxylation is 1. The van der Waals surface area contributed by atoms with E-state index in [0.29, 0.717) is 21.2 Å². The monoisotopic (exact) mass is 264 g/mol. The Hall–Kier alpha value is -1.31. The van der Waals surface area contributed by atoms with Gasteiger partial charge in [0.1, 0.15) is 0 Å². The van der Waals surface area contributed by atoms with Crippen LogP contribution in [0.25, 0.3) is 0 Å². The molecular weight excluding hydrogens is 255 g/mol. The van der Waals surface area contributed by atoms with Crippen molar-refractivity contribution < 1.29 is 4.79 Å². The number of hydrogen-bond acceptors (Lipinski definition) is 1. The van der Waals surface area contributed by atoms with Crippen molar-refractivity contribution in [2.24, 2.45) is 0 Å². The summed E-state index contributed by atoms with van der Waals surface area (Å²) in [6.45, 7) is 1.93. The van der Waals surface area contributed by atoms with Crippen molar-refractivity contribution in [1.29, 1.82) is 0 Å². The van der Waals surface area contributed by atoms with Crippen LogP contribution in [0.4, 0.5) is 0 Å². The molecule has 0 bridgehead atoms. The quantitative estimate of drug-likeness (QED) is 0.729. The van der Waals surface area contributed by atoms with Gasteiger partial charge in [-0.05, 0) is 36.8 Å². The molecule has 0 aliphatic heterocycles. The summed E-state index contributed by atoms with van der Waals surface area (Å²) in [6.07, 6.45) is 0. The van der Waals surface area contributed by atoms with E-state index in [1.165, 1.54) is 0 Å². The standard InChI is InChI=1S/C14H10Cl2O/c1-9-6-7-11(13(16)8-9)14(17)10-4-2-3-5-12(10)15/h2-8H,1H3. The van der Waals surface area contributed by atoms with Gasteiger partial charge in [0.05, 0.1) is 10.0 Å². The molecule has 0 radical (unpaired) electrons. The molecule has 0 aliphatic rings. The van der Waals surface area contributed by atoms with Gasteiger partial charge in [-0.2, -0.15) is 0 Å². The first-order valence-electron chi connectivity index (χ1n) is 5.15. The smallest absolute Gasteiger partial charge is 0.196 e. The fraction of sp³-hybridized carbons (Fsp3) is 0.0714. The van der Waals surface area contributed by atoms with Crippen LogP contribution >= 0.6 is 23.2 Å². The van der Waals surface area contributed by atoms with E-state index in [4.69, 9.17) is 23.2 Å². The highest BCUT2D eigenvalue weighted by atomic mass is 35.5. The molecule has 1 nitrogen and oxygen atoms in total. The molecule has 86 valence electrons. The van der Waals surface area contributed by atoms with Crippen LogP contribution in [0.2, 0.25) is 10.0 Å². The summed E-state index contributed by atoms with van der Waals surface area (Å²) in [4.78, 5) is 12.2. The molecule has 2 rings (SSSR count). The Morgan fingerprint density at radius 1 is 0.941 bits per heavy atom. The molecule has 17 heavy (non-hydrogen) atoms. The topological polar surface area (TPSA) is 17.1 Å². The number of benzene rings is 2. The second-order valence-electron chi connectivity index (χ2n) is 3.79. The molecule has 0 unspecified atom stereocenters. The lowest BCUT2D eigenvalue weighted by molar-refractivity contribution is 0.103. The predicted octanol–water partition coefficient (Wildman–Crippen LogP) is 4.53. The molecule has 2 aromatic rings. The van der Waals surface area contributed by atoms with E-state index < -0.39 is 0 Å². The highest BCUT2D eigenvalue weighted by Gasteiger charge is 2.15. The fourth-order valence-corrected chi connectivity index (χ4v) is 2.14. The third kappa shape index (κ3) is 2.51. The normalized spacial score (nSPS) is 10.3. The van der Waals surface area contributed by atoms with E-state index in [1.807, 2.05) is 13.0 Å². The van der Waals surface area contributed by atoms with E-state index in [1.54, 1.807) is 36.4 Å². The summed E-state index contributed by atoms with van der Waals surface area (Å²) in [5.41, 5.74) is 1.97. The second-order valence-corrected chi connectivity index (χ2v) is 4.61. The van der Waals surface area contributed by atoms with E-state index in [2.05, 4.69) is 0 Å². The first-order chi connectivity index (χ1) is 8.09. The van der Waals surface area contributed by atoms with Gasteiger partial charge in [-0.15, -0.1) is 0 Å². The molecule has 0 saturated heterocycles. The molecule has 0 saturated carbocycles. The van der Waals surface area contributed by atoms with Crippen LogP contribution in [-0.4, -0.2) is 5.78 Å². The Balaban J connectivity index is 2.48. The largest absolute Gasteiger partial charge is 0.288 e. The van der Waals surface area contributed by atoms with Gasteiger partial charge in [-0.25, -0.2) is 0 Å². The van der Waals surface area contributed by atoms with Crippen molar-refractivity contribution in [2.75, 3.05) is 0 Å². The second kappa shape index (κ2) is 4.91. The van der Waals surface area contributed by atoms with Gasteiger partial charge in [0, 0.05) is 11.1 Å². The Bertz CT molecular complexity index is 576. The summed E-state index contributed by atoms with van der Waals surface area (Å²) in [5, 5.41) is 0.893. The zero-order valence-electron chi connectivity index (χ0n) is 9.21. The molecule has 0 fully saturated rings. The molecule has 0 amide bonds. The zero-order valence-corrected chi connectivity index (χ0v) is 10.7. The number of rotatable bonds is 2. The molecule has 0 N–H and O–H groups in total. The van der Waals surface area contributed by atoms with Crippen molar-refractivity contribution in [1.82, 2.24) is 0 Å². The minimum atomic E-state index is -0.152. The molecule has 0 aliphatic carbocycles. The van der Waals surface area contributed by atoms with Crippen LogP contribution in [0.1, 0.15) is 21.5 Å². The minimum Gasteiger partial charge on any atom is -0.288 e. The third-order valence-electron chi connectivity index (χ3n) is 2.49. The average molecular weight is 265 g/mol. The van der Waals surface area contributed by atoms with Gasteiger partial charge in [0.25, 0.3) is 0 Å². The van der Waals surface area contributed by atoms with E-state index >= 15 is 0 Å². The first-order valence-corrected chi connectivity index (χ1v) is 5.90. The van der Waals surface area contributed by atoms with Gasteiger partial charge < -0.3 is 0 Å². The van der Waals surface area contributed by atoms with Crippen molar-refractivity contribution in [3.05, 3.63) is 69.2 Å². The lowest BCUT2D eigenvalue weighted by Crippen LogP contribution is -2.03. The Labute approximate surface area is 110 Å². The maximum atomic E-state index is 12.2. The van der Waals surface area contributed by atoms with Gasteiger partial charge in [0.15, 0.2) is 5.78 Å². The summed E-state index contributed by atoms with van der Waals surface area (Å²) in [6, 6.07) is 12.3. The van der Waals surface area contributed by atoms with Gasteiger partial charge >= 0.3 is 0 Å². The molecular formula is C14H10Cl2O. The Kier molecular flexibility index (Phi) is 3.51. The van der Waals surface area contributed by atoms with E-state index in [-0.39, 0.29) is 5.78 Å². The number of ketones is 1. The Morgan fingerprint density at radius 3 is 2.24 bits per heavy atom. The number of carbonyl (C=O) groups is 1. The summed E-state index contributed by atoms with van der Waals surface area (Å²) in [5.74, 6) is -0.152. The molecule has 0 heterocycles. The average Bonchev–Trinajstić information content (AvgIpc) is 2.29. The maximum Gasteiger partial charge on any atom is 0.196 e. The molecule has 0 aromatic heterocycles. The van der Waals surface area contributed by atoms with Crippen LogP contribution in [0.3, 0.4) is 0 Å². The van der Waals surface area contributed by atoms with Gasteiger partial charge in [-0.1, -0.05) is 41.4 Å². The molecule has 0 atom stereocenters. The van der Waals surface area contributed by atoms with Gasteiger partial charge in [-0.3, -0.25) is 4.79 Å². The highest BCUT2D eigenvalue weighted by Crippen LogP contribution is 2.24. The molecule has 2 aromatic carbocycles. The summed E-state index contributed by atoms with van der Waals surface area (Å²) >= 11 is 12.1. The van der Waals surface area contributed by atoms with Crippen LogP contribution in [0, 0.1) is 6.92 Å². The number of carbonyl (C=O) groups excluding carboxylic acids is 1. The summed E-state index contributed by atoms with van der Waals surface area (Å²) in [7, 11) is 0. The van der Waals surface area contributed by atoms with Crippen molar-refractivity contribution in [2.45, 2.75) is 6.92 Å². The van der Waals surface area contributed by atoms with Crippen LogP contribution < -0.4 is 0 Å². The zero-order chi connectivity index (χ0) is 12.4. The number of halogens is 2. The Morgan fingerprint density at radius 2 is 1.59 bits per heavy atom. The minimum absolute atomic E-state index is 0.152. The highest BCUT2D eigenvalue weighted by molar-refractivity contribution is 6.38. The molecule has 3 heteroatoms.